The maximum atomic E-state index is 12.6. The first-order valence-corrected chi connectivity index (χ1v) is 7.32. The maximum Gasteiger partial charge on any atom is 0.144 e. The molecule has 1 unspecified atom stereocenters. The van der Waals surface area contributed by atoms with Crippen LogP contribution in [0, 0.1) is 11.3 Å². The fourth-order valence-electron chi connectivity index (χ4n) is 2.73. The lowest BCUT2D eigenvalue weighted by atomic mass is 9.71. The Kier molecular flexibility index (Phi) is 4.23. The van der Waals surface area contributed by atoms with Crippen LogP contribution in [0.5, 0.6) is 0 Å². The van der Waals surface area contributed by atoms with Crippen LogP contribution in [0.15, 0.2) is 28.7 Å². The van der Waals surface area contributed by atoms with Crippen molar-refractivity contribution >= 4 is 21.7 Å². The van der Waals surface area contributed by atoms with Gasteiger partial charge in [0, 0.05) is 22.9 Å². The molecule has 1 aliphatic rings. The predicted octanol–water partition coefficient (Wildman–Crippen LogP) is 3.20. The Morgan fingerprint density at radius 3 is 2.56 bits per heavy atom. The molecule has 1 aromatic carbocycles. The standard InChI is InChI=1S/C15H20BrNO/c1-11(2)15(7-8-17-10-15)14(18)9-12-3-5-13(16)6-4-12/h3-6,11,17H,7-10H2,1-2H3. The third-order valence-corrected chi connectivity index (χ3v) is 4.66. The van der Waals surface area contributed by atoms with E-state index in [2.05, 4.69) is 35.1 Å². The monoisotopic (exact) mass is 309 g/mol. The van der Waals surface area contributed by atoms with Crippen LogP contribution < -0.4 is 5.32 Å². The number of carbonyl (C=O) groups is 1. The minimum Gasteiger partial charge on any atom is -0.316 e. The van der Waals surface area contributed by atoms with Crippen LogP contribution in [0.25, 0.3) is 0 Å². The van der Waals surface area contributed by atoms with Crippen molar-refractivity contribution in [1.82, 2.24) is 5.32 Å². The highest BCUT2D eigenvalue weighted by atomic mass is 79.9. The first kappa shape index (κ1) is 13.8. The molecule has 18 heavy (non-hydrogen) atoms. The van der Waals surface area contributed by atoms with Gasteiger partial charge in [-0.2, -0.15) is 0 Å². The van der Waals surface area contributed by atoms with Gasteiger partial charge in [-0.15, -0.1) is 0 Å². The Labute approximate surface area is 117 Å². The van der Waals surface area contributed by atoms with Gasteiger partial charge >= 0.3 is 0 Å². The molecule has 0 aromatic heterocycles. The summed E-state index contributed by atoms with van der Waals surface area (Å²) in [5, 5.41) is 3.34. The molecule has 0 spiro atoms. The third kappa shape index (κ3) is 2.67. The zero-order valence-electron chi connectivity index (χ0n) is 11.0. The maximum absolute atomic E-state index is 12.6. The van der Waals surface area contributed by atoms with E-state index < -0.39 is 0 Å². The van der Waals surface area contributed by atoms with Gasteiger partial charge in [0.2, 0.25) is 0 Å². The Morgan fingerprint density at radius 2 is 2.06 bits per heavy atom. The number of halogens is 1. The van der Waals surface area contributed by atoms with Gasteiger partial charge in [0.05, 0.1) is 0 Å². The van der Waals surface area contributed by atoms with E-state index in [4.69, 9.17) is 0 Å². The summed E-state index contributed by atoms with van der Waals surface area (Å²) in [6.45, 7) is 6.11. The van der Waals surface area contributed by atoms with Crippen molar-refractivity contribution in [3.05, 3.63) is 34.3 Å². The molecule has 3 heteroatoms. The second-order valence-corrected chi connectivity index (χ2v) is 6.38. The molecule has 1 aromatic rings. The highest BCUT2D eigenvalue weighted by Crippen LogP contribution is 2.36. The first-order valence-electron chi connectivity index (χ1n) is 6.53. The lowest BCUT2D eigenvalue weighted by Gasteiger charge is -2.31. The molecule has 98 valence electrons. The van der Waals surface area contributed by atoms with Gasteiger partial charge in [-0.1, -0.05) is 41.9 Å². The van der Waals surface area contributed by atoms with Crippen LogP contribution in [0.1, 0.15) is 25.8 Å². The molecular weight excluding hydrogens is 290 g/mol. The lowest BCUT2D eigenvalue weighted by Crippen LogP contribution is -2.39. The van der Waals surface area contributed by atoms with E-state index in [0.29, 0.717) is 18.1 Å². The second kappa shape index (κ2) is 5.54. The van der Waals surface area contributed by atoms with E-state index in [-0.39, 0.29) is 5.41 Å². The fourth-order valence-corrected chi connectivity index (χ4v) is 2.99. The number of benzene rings is 1. The van der Waals surface area contributed by atoms with Crippen molar-refractivity contribution < 1.29 is 4.79 Å². The molecule has 1 N–H and O–H groups in total. The van der Waals surface area contributed by atoms with Gasteiger partial charge in [0.15, 0.2) is 0 Å². The average molecular weight is 310 g/mol. The van der Waals surface area contributed by atoms with Crippen LogP contribution in [-0.2, 0) is 11.2 Å². The normalized spacial score (nSPS) is 23.6. The topological polar surface area (TPSA) is 29.1 Å². The number of carbonyl (C=O) groups excluding carboxylic acids is 1. The van der Waals surface area contributed by atoms with E-state index in [1.807, 2.05) is 24.3 Å². The molecule has 1 aliphatic heterocycles. The number of rotatable bonds is 4. The second-order valence-electron chi connectivity index (χ2n) is 5.46. The summed E-state index contributed by atoms with van der Waals surface area (Å²) in [5.74, 6) is 0.778. The molecule has 0 amide bonds. The van der Waals surface area contributed by atoms with Crippen LogP contribution >= 0.6 is 15.9 Å². The molecule has 2 rings (SSSR count). The van der Waals surface area contributed by atoms with Crippen molar-refractivity contribution in [3.8, 4) is 0 Å². The summed E-state index contributed by atoms with van der Waals surface area (Å²) in [6.07, 6.45) is 1.52. The Hall–Kier alpha value is -0.670. The van der Waals surface area contributed by atoms with Gasteiger partial charge in [-0.25, -0.2) is 0 Å². The molecule has 1 heterocycles. The number of hydrogen-bond acceptors (Lipinski definition) is 2. The first-order chi connectivity index (χ1) is 8.54. The zero-order chi connectivity index (χ0) is 13.2. The van der Waals surface area contributed by atoms with Gasteiger partial charge in [0.25, 0.3) is 0 Å². The molecular formula is C15H20BrNO. The van der Waals surface area contributed by atoms with Crippen molar-refractivity contribution in [3.63, 3.8) is 0 Å². The average Bonchev–Trinajstić information content (AvgIpc) is 2.82. The summed E-state index contributed by atoms with van der Waals surface area (Å²) in [5.41, 5.74) is 0.947. The highest BCUT2D eigenvalue weighted by molar-refractivity contribution is 9.10. The van der Waals surface area contributed by atoms with Gasteiger partial charge in [-0.3, -0.25) is 4.79 Å². The van der Waals surface area contributed by atoms with Crippen molar-refractivity contribution in [2.75, 3.05) is 13.1 Å². The van der Waals surface area contributed by atoms with E-state index in [0.717, 1.165) is 29.5 Å². The number of ketones is 1. The molecule has 1 atom stereocenters. The third-order valence-electron chi connectivity index (χ3n) is 4.13. The Balaban J connectivity index is 2.13. The number of Topliss-reactive ketones (excluding diaryl/α,β-unsaturated/α-hetero) is 1. The van der Waals surface area contributed by atoms with Crippen LogP contribution in [-0.4, -0.2) is 18.9 Å². The summed E-state index contributed by atoms with van der Waals surface area (Å²) in [7, 11) is 0. The molecule has 2 nitrogen and oxygen atoms in total. The molecule has 1 saturated heterocycles. The quantitative estimate of drug-likeness (QED) is 0.925. The molecule has 0 aliphatic carbocycles. The van der Waals surface area contributed by atoms with Crippen molar-refractivity contribution in [2.45, 2.75) is 26.7 Å². The number of hydrogen-bond donors (Lipinski definition) is 1. The van der Waals surface area contributed by atoms with Crippen LogP contribution in [0.3, 0.4) is 0 Å². The van der Waals surface area contributed by atoms with Crippen molar-refractivity contribution in [1.29, 1.82) is 0 Å². The predicted molar refractivity (Wildman–Crippen MR) is 77.6 cm³/mol. The minimum absolute atomic E-state index is 0.160. The summed E-state index contributed by atoms with van der Waals surface area (Å²) in [6, 6.07) is 8.05. The SMILES string of the molecule is CC(C)C1(C(=O)Cc2ccc(Br)cc2)CCNC1. The molecule has 0 saturated carbocycles. The van der Waals surface area contributed by atoms with E-state index in [1.165, 1.54) is 0 Å². The van der Waals surface area contributed by atoms with E-state index in [9.17, 15) is 4.79 Å². The van der Waals surface area contributed by atoms with Gasteiger partial charge in [0.1, 0.15) is 5.78 Å². The molecule has 0 bridgehead atoms. The van der Waals surface area contributed by atoms with Gasteiger partial charge in [-0.05, 0) is 36.6 Å². The lowest BCUT2D eigenvalue weighted by molar-refractivity contribution is -0.129. The zero-order valence-corrected chi connectivity index (χ0v) is 12.6. The smallest absolute Gasteiger partial charge is 0.144 e. The van der Waals surface area contributed by atoms with E-state index >= 15 is 0 Å². The fraction of sp³-hybridized carbons (Fsp3) is 0.533. The minimum atomic E-state index is -0.160. The molecule has 1 fully saturated rings. The highest BCUT2D eigenvalue weighted by Gasteiger charge is 2.42. The summed E-state index contributed by atoms with van der Waals surface area (Å²) in [4.78, 5) is 12.6. The summed E-state index contributed by atoms with van der Waals surface area (Å²) < 4.78 is 1.06. The van der Waals surface area contributed by atoms with Crippen LogP contribution in [0.2, 0.25) is 0 Å². The van der Waals surface area contributed by atoms with Gasteiger partial charge < -0.3 is 5.32 Å². The van der Waals surface area contributed by atoms with Crippen molar-refractivity contribution in [2.24, 2.45) is 11.3 Å². The molecule has 0 radical (unpaired) electrons. The summed E-state index contributed by atoms with van der Waals surface area (Å²) >= 11 is 3.42. The van der Waals surface area contributed by atoms with E-state index in [1.54, 1.807) is 0 Å². The number of nitrogens with one attached hydrogen (secondary N) is 1. The Morgan fingerprint density at radius 1 is 1.39 bits per heavy atom. The van der Waals surface area contributed by atoms with Crippen LogP contribution in [0.4, 0.5) is 0 Å². The largest absolute Gasteiger partial charge is 0.316 e. The Bertz CT molecular complexity index is 419.